The first-order chi connectivity index (χ1) is 5.83. The summed E-state index contributed by atoms with van der Waals surface area (Å²) in [5.74, 6) is 0. The molecule has 66 valence electrons. The van der Waals surface area contributed by atoms with Crippen molar-refractivity contribution in [2.75, 3.05) is 5.73 Å². The fraction of sp³-hybridized carbons (Fsp3) is 0.500. The van der Waals surface area contributed by atoms with E-state index in [9.17, 15) is 0 Å². The van der Waals surface area contributed by atoms with Crippen LogP contribution >= 0.6 is 0 Å². The van der Waals surface area contributed by atoms with Crippen molar-refractivity contribution in [2.45, 2.75) is 32.6 Å². The summed E-state index contributed by atoms with van der Waals surface area (Å²) in [4.78, 5) is 4.23. The van der Waals surface area contributed by atoms with E-state index in [1.807, 2.05) is 12.1 Å². The van der Waals surface area contributed by atoms with E-state index in [-0.39, 0.29) is 0 Å². The SMILES string of the molecule is CCCCCc1ccc(N)cn1. The maximum absolute atomic E-state index is 5.52. The number of hydrogen-bond acceptors (Lipinski definition) is 2. The van der Waals surface area contributed by atoms with Crippen molar-refractivity contribution in [2.24, 2.45) is 0 Å². The van der Waals surface area contributed by atoms with Crippen LogP contribution in [-0.2, 0) is 6.42 Å². The van der Waals surface area contributed by atoms with Crippen LogP contribution < -0.4 is 5.73 Å². The first-order valence-electron chi connectivity index (χ1n) is 4.53. The Labute approximate surface area is 73.8 Å². The summed E-state index contributed by atoms with van der Waals surface area (Å²) in [7, 11) is 0. The number of nitrogens with zero attached hydrogens (tertiary/aromatic N) is 1. The van der Waals surface area contributed by atoms with Crippen LogP contribution in [0.4, 0.5) is 5.69 Å². The monoisotopic (exact) mass is 164 g/mol. The molecular formula is C10H16N2. The number of nitrogen functional groups attached to an aromatic ring is 1. The molecule has 0 bridgehead atoms. The standard InChI is InChI=1S/C10H16N2/c1-2-3-4-5-10-7-6-9(11)8-12-10/h6-8H,2-5,11H2,1H3. The predicted molar refractivity (Wildman–Crippen MR) is 51.9 cm³/mol. The molecule has 0 aliphatic heterocycles. The van der Waals surface area contributed by atoms with Crippen molar-refractivity contribution in [3.8, 4) is 0 Å². The highest BCUT2D eigenvalue weighted by atomic mass is 14.7. The molecule has 0 saturated carbocycles. The average molecular weight is 164 g/mol. The van der Waals surface area contributed by atoms with Crippen LogP contribution in [0, 0.1) is 0 Å². The number of anilines is 1. The summed E-state index contributed by atoms with van der Waals surface area (Å²) in [5, 5.41) is 0. The molecule has 2 heteroatoms. The van der Waals surface area contributed by atoms with Crippen LogP contribution in [0.2, 0.25) is 0 Å². The van der Waals surface area contributed by atoms with Gasteiger partial charge in [0.05, 0.1) is 11.9 Å². The zero-order chi connectivity index (χ0) is 8.81. The molecule has 0 amide bonds. The van der Waals surface area contributed by atoms with Gasteiger partial charge in [-0.2, -0.15) is 0 Å². The van der Waals surface area contributed by atoms with Gasteiger partial charge in [-0.3, -0.25) is 4.98 Å². The van der Waals surface area contributed by atoms with Gasteiger partial charge in [-0.25, -0.2) is 0 Å². The molecule has 0 fully saturated rings. The van der Waals surface area contributed by atoms with Crippen molar-refractivity contribution in [3.05, 3.63) is 24.0 Å². The second-order valence-corrected chi connectivity index (χ2v) is 3.04. The van der Waals surface area contributed by atoms with Gasteiger partial charge in [0.2, 0.25) is 0 Å². The summed E-state index contributed by atoms with van der Waals surface area (Å²) in [6.07, 6.45) is 6.57. The highest BCUT2D eigenvalue weighted by Gasteiger charge is 1.93. The number of pyridine rings is 1. The molecule has 0 atom stereocenters. The summed E-state index contributed by atoms with van der Waals surface area (Å²) < 4.78 is 0. The molecule has 0 spiro atoms. The van der Waals surface area contributed by atoms with E-state index in [4.69, 9.17) is 5.73 Å². The maximum atomic E-state index is 5.52. The Morgan fingerprint density at radius 3 is 2.75 bits per heavy atom. The molecule has 1 aromatic rings. The Kier molecular flexibility index (Phi) is 3.58. The molecule has 2 N–H and O–H groups in total. The molecule has 1 heterocycles. The third-order valence-electron chi connectivity index (χ3n) is 1.88. The van der Waals surface area contributed by atoms with Crippen LogP contribution in [0.3, 0.4) is 0 Å². The lowest BCUT2D eigenvalue weighted by Crippen LogP contribution is -1.92. The van der Waals surface area contributed by atoms with Crippen LogP contribution in [0.1, 0.15) is 31.9 Å². The van der Waals surface area contributed by atoms with Crippen LogP contribution in [0.5, 0.6) is 0 Å². The number of hydrogen-bond donors (Lipinski definition) is 1. The minimum atomic E-state index is 0.745. The third kappa shape index (κ3) is 2.91. The molecule has 0 saturated heterocycles. The zero-order valence-corrected chi connectivity index (χ0v) is 7.59. The molecule has 0 radical (unpaired) electrons. The number of unbranched alkanes of at least 4 members (excludes halogenated alkanes) is 2. The zero-order valence-electron chi connectivity index (χ0n) is 7.59. The average Bonchev–Trinajstić information content (AvgIpc) is 2.09. The minimum absolute atomic E-state index is 0.745. The summed E-state index contributed by atoms with van der Waals surface area (Å²) in [6, 6.07) is 3.92. The fourth-order valence-corrected chi connectivity index (χ4v) is 1.14. The smallest absolute Gasteiger partial charge is 0.0501 e. The molecule has 0 aliphatic rings. The molecule has 0 aliphatic carbocycles. The van der Waals surface area contributed by atoms with E-state index in [1.165, 1.54) is 19.3 Å². The molecule has 1 rings (SSSR count). The number of aromatic nitrogens is 1. The normalized spacial score (nSPS) is 10.1. The lowest BCUT2D eigenvalue weighted by molar-refractivity contribution is 0.707. The molecule has 0 unspecified atom stereocenters. The van der Waals surface area contributed by atoms with Crippen LogP contribution in [-0.4, -0.2) is 4.98 Å². The third-order valence-corrected chi connectivity index (χ3v) is 1.88. The van der Waals surface area contributed by atoms with E-state index in [0.717, 1.165) is 17.8 Å². The molecular weight excluding hydrogens is 148 g/mol. The van der Waals surface area contributed by atoms with Gasteiger partial charge < -0.3 is 5.73 Å². The highest BCUT2D eigenvalue weighted by Crippen LogP contribution is 2.05. The van der Waals surface area contributed by atoms with Crippen LogP contribution in [0.25, 0.3) is 0 Å². The summed E-state index contributed by atoms with van der Waals surface area (Å²) in [6.45, 7) is 2.20. The Morgan fingerprint density at radius 2 is 2.17 bits per heavy atom. The van der Waals surface area contributed by atoms with Gasteiger partial charge in [-0.15, -0.1) is 0 Å². The van der Waals surface area contributed by atoms with Crippen molar-refractivity contribution in [1.82, 2.24) is 4.98 Å². The second-order valence-electron chi connectivity index (χ2n) is 3.04. The molecule has 0 aromatic carbocycles. The number of nitrogens with two attached hydrogens (primary N) is 1. The topological polar surface area (TPSA) is 38.9 Å². The van der Waals surface area contributed by atoms with Gasteiger partial charge in [-0.1, -0.05) is 19.8 Å². The van der Waals surface area contributed by atoms with Gasteiger partial charge in [0.15, 0.2) is 0 Å². The lowest BCUT2D eigenvalue weighted by atomic mass is 10.1. The first-order valence-corrected chi connectivity index (χ1v) is 4.53. The van der Waals surface area contributed by atoms with Gasteiger partial charge in [-0.05, 0) is 25.0 Å². The van der Waals surface area contributed by atoms with E-state index < -0.39 is 0 Å². The number of aryl methyl sites for hydroxylation is 1. The summed E-state index contributed by atoms with van der Waals surface area (Å²) in [5.41, 5.74) is 7.41. The Morgan fingerprint density at radius 1 is 1.33 bits per heavy atom. The second kappa shape index (κ2) is 4.75. The fourth-order valence-electron chi connectivity index (χ4n) is 1.14. The van der Waals surface area contributed by atoms with Crippen molar-refractivity contribution in [3.63, 3.8) is 0 Å². The van der Waals surface area contributed by atoms with E-state index >= 15 is 0 Å². The molecule has 1 aromatic heterocycles. The first kappa shape index (κ1) is 9.04. The van der Waals surface area contributed by atoms with Gasteiger partial charge in [0.25, 0.3) is 0 Å². The maximum Gasteiger partial charge on any atom is 0.0501 e. The Bertz CT molecular complexity index is 216. The lowest BCUT2D eigenvalue weighted by Gasteiger charge is -1.99. The Balaban J connectivity index is 2.37. The Hall–Kier alpha value is -1.05. The van der Waals surface area contributed by atoms with E-state index in [2.05, 4.69) is 11.9 Å². The van der Waals surface area contributed by atoms with Crippen molar-refractivity contribution >= 4 is 5.69 Å². The van der Waals surface area contributed by atoms with Crippen LogP contribution in [0.15, 0.2) is 18.3 Å². The van der Waals surface area contributed by atoms with Gasteiger partial charge in [0, 0.05) is 5.69 Å². The van der Waals surface area contributed by atoms with Gasteiger partial charge in [0.1, 0.15) is 0 Å². The largest absolute Gasteiger partial charge is 0.397 e. The highest BCUT2D eigenvalue weighted by molar-refractivity contribution is 5.34. The van der Waals surface area contributed by atoms with Gasteiger partial charge >= 0.3 is 0 Å². The van der Waals surface area contributed by atoms with Crippen molar-refractivity contribution in [1.29, 1.82) is 0 Å². The quantitative estimate of drug-likeness (QED) is 0.694. The minimum Gasteiger partial charge on any atom is -0.397 e. The van der Waals surface area contributed by atoms with E-state index in [1.54, 1.807) is 6.20 Å². The molecule has 2 nitrogen and oxygen atoms in total. The van der Waals surface area contributed by atoms with Crippen molar-refractivity contribution < 1.29 is 0 Å². The van der Waals surface area contributed by atoms with E-state index in [0.29, 0.717) is 0 Å². The predicted octanol–water partition coefficient (Wildman–Crippen LogP) is 2.40. The summed E-state index contributed by atoms with van der Waals surface area (Å²) >= 11 is 0. The molecule has 12 heavy (non-hydrogen) atoms. The number of rotatable bonds is 4.